The first-order chi connectivity index (χ1) is 15.7. The van der Waals surface area contributed by atoms with Crippen LogP contribution in [0.2, 0.25) is 5.02 Å². The number of nitrogens with zero attached hydrogens (tertiary/aromatic N) is 3. The van der Waals surface area contributed by atoms with Gasteiger partial charge in [-0.25, -0.2) is 9.50 Å². The number of carbonyl (C=O) groups excluding carboxylic acids is 1. The Labute approximate surface area is 191 Å². The van der Waals surface area contributed by atoms with Crippen molar-refractivity contribution in [1.29, 1.82) is 0 Å². The predicted octanol–water partition coefficient (Wildman–Crippen LogP) is 3.99. The van der Waals surface area contributed by atoms with Gasteiger partial charge in [0.15, 0.2) is 28.5 Å². The molecule has 3 heterocycles. The van der Waals surface area contributed by atoms with E-state index in [9.17, 15) is 18.0 Å². The maximum Gasteiger partial charge on any atom is 0.433 e. The summed E-state index contributed by atoms with van der Waals surface area (Å²) in [7, 11) is 2.86. The fourth-order valence-electron chi connectivity index (χ4n) is 3.58. The van der Waals surface area contributed by atoms with Crippen LogP contribution in [0, 0.1) is 0 Å². The van der Waals surface area contributed by atoms with E-state index < -0.39 is 17.8 Å². The summed E-state index contributed by atoms with van der Waals surface area (Å²) in [6.45, 7) is 0.812. The van der Waals surface area contributed by atoms with Crippen LogP contribution >= 0.6 is 11.6 Å². The lowest BCUT2D eigenvalue weighted by Gasteiger charge is -2.12. The summed E-state index contributed by atoms with van der Waals surface area (Å²) in [6.07, 6.45) is -3.26. The van der Waals surface area contributed by atoms with Crippen LogP contribution in [-0.4, -0.2) is 54.0 Å². The van der Waals surface area contributed by atoms with E-state index in [1.54, 1.807) is 12.1 Å². The van der Waals surface area contributed by atoms with Crippen LogP contribution in [0.5, 0.6) is 11.5 Å². The van der Waals surface area contributed by atoms with E-state index in [2.05, 4.69) is 15.4 Å². The molecule has 4 rings (SSSR count). The van der Waals surface area contributed by atoms with Gasteiger partial charge in [-0.2, -0.15) is 18.3 Å². The van der Waals surface area contributed by atoms with Crippen molar-refractivity contribution in [2.75, 3.05) is 27.4 Å². The van der Waals surface area contributed by atoms with Gasteiger partial charge in [0.2, 0.25) is 0 Å². The van der Waals surface area contributed by atoms with Gasteiger partial charge in [-0.3, -0.25) is 4.79 Å². The summed E-state index contributed by atoms with van der Waals surface area (Å²) in [5.41, 5.74) is -1.46. The van der Waals surface area contributed by atoms with Crippen molar-refractivity contribution in [1.82, 2.24) is 19.9 Å². The first kappa shape index (κ1) is 23.1. The van der Waals surface area contributed by atoms with E-state index in [1.165, 1.54) is 20.3 Å². The van der Waals surface area contributed by atoms with Gasteiger partial charge in [-0.05, 0) is 37.1 Å². The molecule has 1 saturated heterocycles. The Morgan fingerprint density at radius 1 is 1.27 bits per heavy atom. The van der Waals surface area contributed by atoms with Crippen LogP contribution in [-0.2, 0) is 10.9 Å². The Hall–Kier alpha value is -3.05. The molecule has 1 aliphatic heterocycles. The predicted molar refractivity (Wildman–Crippen MR) is 113 cm³/mol. The lowest BCUT2D eigenvalue weighted by atomic mass is 10.1. The molecule has 0 saturated carbocycles. The van der Waals surface area contributed by atoms with Gasteiger partial charge >= 0.3 is 6.18 Å². The monoisotopic (exact) mass is 484 g/mol. The first-order valence-electron chi connectivity index (χ1n) is 10.0. The summed E-state index contributed by atoms with van der Waals surface area (Å²) in [5.74, 6) is 0.0202. The van der Waals surface area contributed by atoms with Gasteiger partial charge in [-0.1, -0.05) is 11.6 Å². The Morgan fingerprint density at radius 2 is 2.03 bits per heavy atom. The van der Waals surface area contributed by atoms with E-state index in [-0.39, 0.29) is 34.7 Å². The summed E-state index contributed by atoms with van der Waals surface area (Å²) in [5, 5.41) is 6.15. The van der Waals surface area contributed by atoms with Gasteiger partial charge in [0, 0.05) is 18.7 Å². The number of nitrogens with one attached hydrogen (secondary N) is 1. The van der Waals surface area contributed by atoms with E-state index in [4.69, 9.17) is 25.8 Å². The Bertz CT molecular complexity index is 1190. The number of carbonyl (C=O) groups is 1. The first-order valence-corrected chi connectivity index (χ1v) is 10.4. The third-order valence-corrected chi connectivity index (χ3v) is 5.58. The topological polar surface area (TPSA) is 87.0 Å². The number of halogens is 4. The van der Waals surface area contributed by atoms with Crippen molar-refractivity contribution < 1.29 is 32.2 Å². The molecule has 33 heavy (non-hydrogen) atoms. The molecular formula is C21H20ClF3N4O4. The molecule has 0 radical (unpaired) electrons. The van der Waals surface area contributed by atoms with Gasteiger partial charge in [0.1, 0.15) is 5.02 Å². The van der Waals surface area contributed by atoms with Gasteiger partial charge in [0.25, 0.3) is 5.91 Å². The molecule has 176 valence electrons. The zero-order valence-corrected chi connectivity index (χ0v) is 18.5. The summed E-state index contributed by atoms with van der Waals surface area (Å²) >= 11 is 6.29. The fraction of sp³-hybridized carbons (Fsp3) is 0.381. The quantitative estimate of drug-likeness (QED) is 0.569. The number of aromatic nitrogens is 3. The highest BCUT2D eigenvalue weighted by molar-refractivity contribution is 6.36. The number of amides is 1. The Kier molecular flexibility index (Phi) is 6.35. The minimum absolute atomic E-state index is 0.0242. The van der Waals surface area contributed by atoms with Gasteiger partial charge < -0.3 is 19.5 Å². The van der Waals surface area contributed by atoms with Crippen molar-refractivity contribution >= 4 is 23.2 Å². The zero-order chi connectivity index (χ0) is 23.8. The number of alkyl halides is 3. The number of ether oxygens (including phenoxy) is 3. The molecule has 1 fully saturated rings. The molecule has 0 bridgehead atoms. The van der Waals surface area contributed by atoms with Crippen molar-refractivity contribution in [3.05, 3.63) is 40.7 Å². The Balaban J connectivity index is 1.78. The number of benzene rings is 1. The second-order valence-corrected chi connectivity index (χ2v) is 7.72. The highest BCUT2D eigenvalue weighted by atomic mass is 35.5. The second kappa shape index (κ2) is 9.06. The summed E-state index contributed by atoms with van der Waals surface area (Å²) in [6, 6.07) is 5.43. The van der Waals surface area contributed by atoms with Crippen LogP contribution in [0.3, 0.4) is 0 Å². The molecule has 0 unspecified atom stereocenters. The van der Waals surface area contributed by atoms with E-state index in [0.29, 0.717) is 28.2 Å². The molecule has 0 aliphatic carbocycles. The van der Waals surface area contributed by atoms with Crippen LogP contribution in [0.15, 0.2) is 24.3 Å². The van der Waals surface area contributed by atoms with Gasteiger partial charge in [-0.15, -0.1) is 0 Å². The smallest absolute Gasteiger partial charge is 0.433 e. The maximum absolute atomic E-state index is 13.9. The van der Waals surface area contributed by atoms with E-state index in [0.717, 1.165) is 18.9 Å². The van der Waals surface area contributed by atoms with Crippen molar-refractivity contribution in [3.63, 3.8) is 0 Å². The average molecular weight is 485 g/mol. The molecule has 8 nitrogen and oxygen atoms in total. The highest BCUT2D eigenvalue weighted by Crippen LogP contribution is 2.37. The molecule has 1 aromatic carbocycles. The lowest BCUT2D eigenvalue weighted by Crippen LogP contribution is -2.32. The van der Waals surface area contributed by atoms with Crippen molar-refractivity contribution in [2.24, 2.45) is 0 Å². The number of rotatable bonds is 6. The van der Waals surface area contributed by atoms with E-state index >= 15 is 0 Å². The maximum atomic E-state index is 13.9. The van der Waals surface area contributed by atoms with Crippen LogP contribution in [0.25, 0.3) is 16.9 Å². The number of methoxy groups -OCH3 is 2. The minimum atomic E-state index is -4.78. The largest absolute Gasteiger partial charge is 0.493 e. The second-order valence-electron chi connectivity index (χ2n) is 7.34. The average Bonchev–Trinajstić information content (AvgIpc) is 3.43. The van der Waals surface area contributed by atoms with Crippen LogP contribution in [0.4, 0.5) is 13.2 Å². The lowest BCUT2D eigenvalue weighted by molar-refractivity contribution is -0.142. The molecule has 1 amide bonds. The third-order valence-electron chi connectivity index (χ3n) is 5.23. The SMILES string of the molecule is COc1ccc(-c2cc(C(F)(F)F)n3nc(C(=O)NC[C@@H]4CCCO4)c(Cl)c3n2)cc1OC. The van der Waals surface area contributed by atoms with Gasteiger partial charge in [0.05, 0.1) is 26.0 Å². The normalized spacial score (nSPS) is 16.2. The molecule has 1 aliphatic rings. The molecule has 12 heteroatoms. The van der Waals surface area contributed by atoms with Crippen molar-refractivity contribution in [2.45, 2.75) is 25.1 Å². The fourth-order valence-corrected chi connectivity index (χ4v) is 3.82. The highest BCUT2D eigenvalue weighted by Gasteiger charge is 2.37. The third kappa shape index (κ3) is 4.55. The molecule has 2 aromatic heterocycles. The molecular weight excluding hydrogens is 465 g/mol. The molecule has 3 aromatic rings. The number of hydrogen-bond acceptors (Lipinski definition) is 6. The Morgan fingerprint density at radius 3 is 2.67 bits per heavy atom. The minimum Gasteiger partial charge on any atom is -0.493 e. The zero-order valence-electron chi connectivity index (χ0n) is 17.7. The number of hydrogen-bond donors (Lipinski definition) is 1. The summed E-state index contributed by atoms with van der Waals surface area (Å²) < 4.78 is 58.0. The molecule has 1 atom stereocenters. The standard InChI is InChI=1S/C21H20ClF3N4O4/c1-31-14-6-5-11(8-15(14)32-2)13-9-16(21(23,24)25)29-19(27-13)17(22)18(28-29)20(30)26-10-12-4-3-7-33-12/h5-6,8-9,12H,3-4,7,10H2,1-2H3,(H,26,30)/t12-/m0/s1. The van der Waals surface area contributed by atoms with Crippen LogP contribution in [0.1, 0.15) is 29.0 Å². The van der Waals surface area contributed by atoms with Crippen LogP contribution < -0.4 is 14.8 Å². The molecule has 0 spiro atoms. The molecule has 1 N–H and O–H groups in total. The van der Waals surface area contributed by atoms with E-state index in [1.807, 2.05) is 0 Å². The van der Waals surface area contributed by atoms with Crippen molar-refractivity contribution in [3.8, 4) is 22.8 Å². The summed E-state index contributed by atoms with van der Waals surface area (Å²) in [4.78, 5) is 16.9. The number of fused-ring (bicyclic) bond motifs is 1.